The van der Waals surface area contributed by atoms with Gasteiger partial charge in [-0.1, -0.05) is 12.1 Å². The summed E-state index contributed by atoms with van der Waals surface area (Å²) < 4.78 is 61.3. The third-order valence-corrected chi connectivity index (χ3v) is 5.23. The molecule has 2 rings (SSSR count). The molecule has 0 saturated heterocycles. The SMILES string of the molecule is CN=C(NCCNc1nccc(C(F)(F)F)n1)NCc1ccc(S(C)(=O)=O)c(C)c1.I. The first-order chi connectivity index (χ1) is 14.0. The first-order valence-electron chi connectivity index (χ1n) is 8.89. The molecule has 0 unspecified atom stereocenters. The molecule has 0 bridgehead atoms. The number of guanidine groups is 1. The van der Waals surface area contributed by atoms with Crippen LogP contribution in [0.15, 0.2) is 40.4 Å². The zero-order chi connectivity index (χ0) is 22.4. The summed E-state index contributed by atoms with van der Waals surface area (Å²) in [6.07, 6.45) is -2.32. The number of halogens is 4. The van der Waals surface area contributed by atoms with E-state index in [1.807, 2.05) is 0 Å². The van der Waals surface area contributed by atoms with E-state index >= 15 is 0 Å². The Labute approximate surface area is 196 Å². The van der Waals surface area contributed by atoms with Crippen LogP contribution in [0.3, 0.4) is 0 Å². The quantitative estimate of drug-likeness (QED) is 0.203. The van der Waals surface area contributed by atoms with Crippen molar-refractivity contribution in [3.05, 3.63) is 47.3 Å². The Morgan fingerprint density at radius 1 is 1.16 bits per heavy atom. The van der Waals surface area contributed by atoms with E-state index in [1.54, 1.807) is 32.2 Å². The molecule has 2 aromatic rings. The van der Waals surface area contributed by atoms with Gasteiger partial charge < -0.3 is 16.0 Å². The predicted octanol–water partition coefficient (Wildman–Crippen LogP) is 2.60. The standard InChI is InChI=1S/C18H23F3N6O2S.HI/c1-12-10-13(4-5-14(12)30(3,28)29)11-26-16(22-2)24-8-9-25-17-23-7-6-15(27-17)18(19,20)21;/h4-7,10H,8-9,11H2,1-3H3,(H2,22,24,26)(H,23,25,27);1H. The van der Waals surface area contributed by atoms with Crippen molar-refractivity contribution >= 4 is 45.7 Å². The molecule has 0 fully saturated rings. The fourth-order valence-electron chi connectivity index (χ4n) is 2.60. The molecule has 13 heteroatoms. The van der Waals surface area contributed by atoms with E-state index in [1.165, 1.54) is 0 Å². The number of benzene rings is 1. The molecular weight excluding hydrogens is 548 g/mol. The molecule has 1 aromatic carbocycles. The molecule has 0 aliphatic heterocycles. The van der Waals surface area contributed by atoms with Gasteiger partial charge >= 0.3 is 6.18 Å². The van der Waals surface area contributed by atoms with Gasteiger partial charge in [0.25, 0.3) is 0 Å². The zero-order valence-electron chi connectivity index (χ0n) is 17.1. The number of alkyl halides is 3. The van der Waals surface area contributed by atoms with Crippen LogP contribution >= 0.6 is 24.0 Å². The molecule has 172 valence electrons. The second-order valence-electron chi connectivity index (χ2n) is 6.41. The van der Waals surface area contributed by atoms with E-state index < -0.39 is 21.7 Å². The zero-order valence-corrected chi connectivity index (χ0v) is 20.3. The summed E-state index contributed by atoms with van der Waals surface area (Å²) in [6, 6.07) is 5.87. The predicted molar refractivity (Wildman–Crippen MR) is 123 cm³/mol. The van der Waals surface area contributed by atoms with E-state index in [2.05, 4.69) is 30.9 Å². The summed E-state index contributed by atoms with van der Waals surface area (Å²) in [5.41, 5.74) is 0.519. The van der Waals surface area contributed by atoms with Crippen LogP contribution in [0.25, 0.3) is 0 Å². The molecule has 31 heavy (non-hydrogen) atoms. The number of aromatic nitrogens is 2. The Kier molecular flexibility index (Phi) is 9.93. The lowest BCUT2D eigenvalue weighted by Gasteiger charge is -2.13. The van der Waals surface area contributed by atoms with E-state index in [-0.39, 0.29) is 41.4 Å². The van der Waals surface area contributed by atoms with Crippen molar-refractivity contribution < 1.29 is 21.6 Å². The number of sulfone groups is 1. The van der Waals surface area contributed by atoms with E-state index in [0.717, 1.165) is 24.1 Å². The average molecular weight is 572 g/mol. The number of nitrogens with one attached hydrogen (secondary N) is 3. The highest BCUT2D eigenvalue weighted by Gasteiger charge is 2.32. The Hall–Kier alpha value is -2.16. The molecule has 0 atom stereocenters. The summed E-state index contributed by atoms with van der Waals surface area (Å²) in [5, 5.41) is 8.80. The molecule has 3 N–H and O–H groups in total. The summed E-state index contributed by atoms with van der Waals surface area (Å²) in [6.45, 7) is 2.76. The lowest BCUT2D eigenvalue weighted by atomic mass is 10.1. The topological polar surface area (TPSA) is 108 Å². The Bertz CT molecular complexity index is 1020. The van der Waals surface area contributed by atoms with Gasteiger partial charge in [0.05, 0.1) is 4.90 Å². The van der Waals surface area contributed by atoms with Crippen molar-refractivity contribution in [2.75, 3.05) is 31.7 Å². The first-order valence-corrected chi connectivity index (χ1v) is 10.8. The van der Waals surface area contributed by atoms with Gasteiger partial charge in [-0.2, -0.15) is 13.2 Å². The maximum atomic E-state index is 12.7. The minimum Gasteiger partial charge on any atom is -0.355 e. The van der Waals surface area contributed by atoms with Crippen molar-refractivity contribution in [2.45, 2.75) is 24.5 Å². The molecule has 0 spiro atoms. The maximum absolute atomic E-state index is 12.7. The highest BCUT2D eigenvalue weighted by Crippen LogP contribution is 2.27. The van der Waals surface area contributed by atoms with Crippen LogP contribution in [0, 0.1) is 6.92 Å². The summed E-state index contributed by atoms with van der Waals surface area (Å²) >= 11 is 0. The summed E-state index contributed by atoms with van der Waals surface area (Å²) in [5.74, 6) is 0.364. The van der Waals surface area contributed by atoms with E-state index in [9.17, 15) is 21.6 Å². The monoisotopic (exact) mass is 572 g/mol. The van der Waals surface area contributed by atoms with Crippen molar-refractivity contribution in [3.8, 4) is 0 Å². The van der Waals surface area contributed by atoms with Crippen LogP contribution in [-0.2, 0) is 22.6 Å². The number of aliphatic imine (C=N–C) groups is 1. The molecule has 0 amide bonds. The fourth-order valence-corrected chi connectivity index (χ4v) is 3.56. The number of hydrogen-bond donors (Lipinski definition) is 3. The van der Waals surface area contributed by atoms with Gasteiger partial charge in [0.15, 0.2) is 15.8 Å². The number of nitrogens with zero attached hydrogens (tertiary/aromatic N) is 3. The Morgan fingerprint density at radius 2 is 1.87 bits per heavy atom. The third-order valence-electron chi connectivity index (χ3n) is 3.97. The van der Waals surface area contributed by atoms with Crippen molar-refractivity contribution in [3.63, 3.8) is 0 Å². The van der Waals surface area contributed by atoms with Crippen molar-refractivity contribution in [1.82, 2.24) is 20.6 Å². The maximum Gasteiger partial charge on any atom is 0.433 e. The van der Waals surface area contributed by atoms with Gasteiger partial charge in [-0.3, -0.25) is 4.99 Å². The second kappa shape index (κ2) is 11.5. The minimum atomic E-state index is -4.53. The molecule has 8 nitrogen and oxygen atoms in total. The van der Waals surface area contributed by atoms with E-state index in [4.69, 9.17) is 0 Å². The van der Waals surface area contributed by atoms with Crippen LogP contribution in [0.5, 0.6) is 0 Å². The van der Waals surface area contributed by atoms with Crippen LogP contribution in [-0.4, -0.2) is 50.7 Å². The second-order valence-corrected chi connectivity index (χ2v) is 8.40. The van der Waals surface area contributed by atoms with Crippen molar-refractivity contribution in [1.29, 1.82) is 0 Å². The van der Waals surface area contributed by atoms with Gasteiger partial charge in [0.1, 0.15) is 5.69 Å². The molecule has 0 saturated carbocycles. The number of hydrogen-bond acceptors (Lipinski definition) is 6. The lowest BCUT2D eigenvalue weighted by Crippen LogP contribution is -2.39. The summed E-state index contributed by atoms with van der Waals surface area (Å²) in [7, 11) is -1.69. The van der Waals surface area contributed by atoms with Gasteiger partial charge in [0.2, 0.25) is 5.95 Å². The first kappa shape index (κ1) is 26.9. The van der Waals surface area contributed by atoms with Crippen LogP contribution in [0.4, 0.5) is 19.1 Å². The lowest BCUT2D eigenvalue weighted by molar-refractivity contribution is -0.141. The highest BCUT2D eigenvalue weighted by molar-refractivity contribution is 14.0. The fraction of sp³-hybridized carbons (Fsp3) is 0.389. The number of anilines is 1. The minimum absolute atomic E-state index is 0. The smallest absolute Gasteiger partial charge is 0.355 e. The van der Waals surface area contributed by atoms with Gasteiger partial charge in [0, 0.05) is 39.1 Å². The van der Waals surface area contributed by atoms with Crippen LogP contribution < -0.4 is 16.0 Å². The van der Waals surface area contributed by atoms with Gasteiger partial charge in [-0.15, -0.1) is 24.0 Å². The van der Waals surface area contributed by atoms with Crippen molar-refractivity contribution in [2.24, 2.45) is 4.99 Å². The van der Waals surface area contributed by atoms with E-state index in [0.29, 0.717) is 24.6 Å². The third kappa shape index (κ3) is 8.47. The molecule has 0 aliphatic rings. The number of rotatable bonds is 7. The number of aryl methyl sites for hydroxylation is 1. The molecule has 1 aromatic heterocycles. The van der Waals surface area contributed by atoms with Gasteiger partial charge in [-0.25, -0.2) is 18.4 Å². The normalized spacial score (nSPS) is 12.1. The van der Waals surface area contributed by atoms with Crippen LogP contribution in [0.2, 0.25) is 0 Å². The van der Waals surface area contributed by atoms with Crippen LogP contribution in [0.1, 0.15) is 16.8 Å². The molecule has 0 aliphatic carbocycles. The molecule has 1 heterocycles. The Balaban J connectivity index is 0.00000480. The summed E-state index contributed by atoms with van der Waals surface area (Å²) in [4.78, 5) is 11.5. The molecular formula is C18H24F3IN6O2S. The van der Waals surface area contributed by atoms with Gasteiger partial charge in [-0.05, 0) is 30.2 Å². The largest absolute Gasteiger partial charge is 0.433 e. The molecule has 0 radical (unpaired) electrons. The Morgan fingerprint density at radius 3 is 2.45 bits per heavy atom. The average Bonchev–Trinajstić information content (AvgIpc) is 2.66. The highest BCUT2D eigenvalue weighted by atomic mass is 127.